The molecule has 0 heterocycles. The molecule has 0 aromatic rings. The van der Waals surface area contributed by atoms with Gasteiger partial charge in [-0.15, -0.1) is 0 Å². The summed E-state index contributed by atoms with van der Waals surface area (Å²) in [5.41, 5.74) is -3.75. The van der Waals surface area contributed by atoms with Crippen LogP contribution in [-0.2, 0) is 0 Å². The standard InChI is InChI=1S/C14H20F6/c1-10-2-4-11(5-3-10)6-8-12(9-7-11,13(15,16)17)14(18,19)20/h10H,2-9H2,1H3. The minimum absolute atomic E-state index is 0.0543. The second-order valence-electron chi connectivity index (χ2n) is 6.76. The molecule has 6 heteroatoms. The van der Waals surface area contributed by atoms with Gasteiger partial charge in [-0.3, -0.25) is 0 Å². The maximum Gasteiger partial charge on any atom is 0.403 e. The molecular formula is C14H20F6. The molecule has 0 aromatic heterocycles. The van der Waals surface area contributed by atoms with Gasteiger partial charge in [0, 0.05) is 0 Å². The molecule has 0 atom stereocenters. The molecule has 1 spiro atoms. The first-order chi connectivity index (χ1) is 9.02. The Morgan fingerprint density at radius 1 is 0.700 bits per heavy atom. The fraction of sp³-hybridized carbons (Fsp3) is 1.00. The molecule has 0 aromatic carbocycles. The van der Waals surface area contributed by atoms with Crippen molar-refractivity contribution in [3.05, 3.63) is 0 Å². The third-order valence-electron chi connectivity index (χ3n) is 5.58. The molecular weight excluding hydrogens is 282 g/mol. The van der Waals surface area contributed by atoms with E-state index in [-0.39, 0.29) is 18.3 Å². The van der Waals surface area contributed by atoms with Gasteiger partial charge in [0.05, 0.1) is 0 Å². The predicted molar refractivity (Wildman–Crippen MR) is 63.1 cm³/mol. The normalized spacial score (nSPS) is 27.8. The molecule has 0 amide bonds. The van der Waals surface area contributed by atoms with E-state index in [1.54, 1.807) is 0 Å². The summed E-state index contributed by atoms with van der Waals surface area (Å²) in [6, 6.07) is 0. The van der Waals surface area contributed by atoms with E-state index in [0.717, 1.165) is 25.7 Å². The van der Waals surface area contributed by atoms with Gasteiger partial charge in [-0.1, -0.05) is 19.8 Å². The lowest BCUT2D eigenvalue weighted by molar-refractivity contribution is -0.354. The molecule has 2 rings (SSSR count). The number of hydrogen-bond donors (Lipinski definition) is 0. The number of hydrogen-bond acceptors (Lipinski definition) is 0. The Kier molecular flexibility index (Phi) is 3.83. The zero-order valence-electron chi connectivity index (χ0n) is 11.5. The van der Waals surface area contributed by atoms with Gasteiger partial charge in [0.1, 0.15) is 0 Å². The lowest BCUT2D eigenvalue weighted by atomic mass is 9.57. The van der Waals surface area contributed by atoms with Crippen LogP contribution in [0.3, 0.4) is 0 Å². The average Bonchev–Trinajstić information content (AvgIpc) is 2.31. The zero-order valence-corrected chi connectivity index (χ0v) is 11.5. The van der Waals surface area contributed by atoms with Crippen molar-refractivity contribution in [1.82, 2.24) is 0 Å². The van der Waals surface area contributed by atoms with Crippen molar-refractivity contribution in [3.63, 3.8) is 0 Å². The van der Waals surface area contributed by atoms with Crippen molar-refractivity contribution in [1.29, 1.82) is 0 Å². The van der Waals surface area contributed by atoms with Crippen LogP contribution in [-0.4, -0.2) is 12.4 Å². The molecule has 0 N–H and O–H groups in total. The molecule has 118 valence electrons. The van der Waals surface area contributed by atoms with Crippen LogP contribution in [0.4, 0.5) is 26.3 Å². The monoisotopic (exact) mass is 302 g/mol. The van der Waals surface area contributed by atoms with Crippen molar-refractivity contribution >= 4 is 0 Å². The summed E-state index contributed by atoms with van der Waals surface area (Å²) in [4.78, 5) is 0. The van der Waals surface area contributed by atoms with Gasteiger partial charge in [-0.25, -0.2) is 0 Å². The van der Waals surface area contributed by atoms with Gasteiger partial charge in [0.25, 0.3) is 0 Å². The van der Waals surface area contributed by atoms with Crippen molar-refractivity contribution in [3.8, 4) is 0 Å². The fourth-order valence-electron chi connectivity index (χ4n) is 3.81. The van der Waals surface area contributed by atoms with Crippen molar-refractivity contribution in [2.75, 3.05) is 0 Å². The molecule has 0 bridgehead atoms. The average molecular weight is 302 g/mol. The summed E-state index contributed by atoms with van der Waals surface area (Å²) in [6.07, 6.45) is -8.49. The van der Waals surface area contributed by atoms with E-state index in [9.17, 15) is 26.3 Å². The van der Waals surface area contributed by atoms with Gasteiger partial charge in [0.15, 0.2) is 5.41 Å². The van der Waals surface area contributed by atoms with E-state index in [4.69, 9.17) is 0 Å². The summed E-state index contributed by atoms with van der Waals surface area (Å²) < 4.78 is 77.9. The smallest absolute Gasteiger partial charge is 0.170 e. The molecule has 2 saturated carbocycles. The molecule has 20 heavy (non-hydrogen) atoms. The Hall–Kier alpha value is -0.420. The first-order valence-electron chi connectivity index (χ1n) is 7.15. The van der Waals surface area contributed by atoms with E-state index in [1.807, 2.05) is 0 Å². The highest BCUT2D eigenvalue weighted by Crippen LogP contribution is 2.63. The molecule has 2 fully saturated rings. The third kappa shape index (κ3) is 2.54. The van der Waals surface area contributed by atoms with Gasteiger partial charge in [-0.2, -0.15) is 26.3 Å². The van der Waals surface area contributed by atoms with Crippen LogP contribution in [0, 0.1) is 16.7 Å². The summed E-state index contributed by atoms with van der Waals surface area (Å²) >= 11 is 0. The van der Waals surface area contributed by atoms with Crippen LogP contribution in [0.1, 0.15) is 58.3 Å². The quantitative estimate of drug-likeness (QED) is 0.491. The molecule has 2 aliphatic carbocycles. The Bertz CT molecular complexity index is 320. The number of halogens is 6. The van der Waals surface area contributed by atoms with E-state index in [1.165, 1.54) is 0 Å². The van der Waals surface area contributed by atoms with Crippen LogP contribution in [0.5, 0.6) is 0 Å². The molecule has 0 saturated heterocycles. The predicted octanol–water partition coefficient (Wildman–Crippen LogP) is 5.87. The molecule has 0 aliphatic heterocycles. The lowest BCUT2D eigenvalue weighted by Gasteiger charge is -2.49. The van der Waals surface area contributed by atoms with E-state index in [0.29, 0.717) is 5.92 Å². The Morgan fingerprint density at radius 3 is 1.45 bits per heavy atom. The Labute approximate surface area is 114 Å². The Morgan fingerprint density at radius 2 is 1.10 bits per heavy atom. The Balaban J connectivity index is 2.15. The molecule has 0 nitrogen and oxygen atoms in total. The van der Waals surface area contributed by atoms with Crippen LogP contribution in [0.2, 0.25) is 0 Å². The third-order valence-corrected chi connectivity index (χ3v) is 5.58. The highest BCUT2D eigenvalue weighted by Gasteiger charge is 2.71. The molecule has 2 aliphatic rings. The summed E-state index contributed by atoms with van der Waals surface area (Å²) in [7, 11) is 0. The van der Waals surface area contributed by atoms with Crippen LogP contribution in [0.15, 0.2) is 0 Å². The van der Waals surface area contributed by atoms with Crippen LogP contribution in [0.25, 0.3) is 0 Å². The summed E-state index contributed by atoms with van der Waals surface area (Å²) in [5.74, 6) is 0.539. The van der Waals surface area contributed by atoms with Gasteiger partial charge >= 0.3 is 12.4 Å². The second kappa shape index (κ2) is 4.80. The van der Waals surface area contributed by atoms with Gasteiger partial charge in [-0.05, 0) is 49.9 Å². The van der Waals surface area contributed by atoms with E-state index in [2.05, 4.69) is 6.92 Å². The SMILES string of the molecule is CC1CCC2(CC1)CCC(C(F)(F)F)(C(F)(F)F)CC2. The van der Waals surface area contributed by atoms with Gasteiger partial charge in [0.2, 0.25) is 0 Å². The highest BCUT2D eigenvalue weighted by molar-refractivity contribution is 5.01. The van der Waals surface area contributed by atoms with Crippen molar-refractivity contribution in [2.24, 2.45) is 16.7 Å². The maximum atomic E-state index is 13.0. The minimum Gasteiger partial charge on any atom is -0.170 e. The molecule has 0 radical (unpaired) electrons. The van der Waals surface area contributed by atoms with E-state index < -0.39 is 30.6 Å². The number of rotatable bonds is 0. The largest absolute Gasteiger partial charge is 0.403 e. The van der Waals surface area contributed by atoms with E-state index >= 15 is 0 Å². The summed E-state index contributed by atoms with van der Waals surface area (Å²) in [5, 5.41) is 0. The number of alkyl halides is 6. The molecule has 0 unspecified atom stereocenters. The van der Waals surface area contributed by atoms with Crippen LogP contribution >= 0.6 is 0 Å². The summed E-state index contributed by atoms with van der Waals surface area (Å²) in [6.45, 7) is 2.09. The second-order valence-corrected chi connectivity index (χ2v) is 6.76. The first kappa shape index (κ1) is 16.0. The minimum atomic E-state index is -5.20. The van der Waals surface area contributed by atoms with Crippen LogP contribution < -0.4 is 0 Å². The maximum absolute atomic E-state index is 13.0. The fourth-order valence-corrected chi connectivity index (χ4v) is 3.81. The van der Waals surface area contributed by atoms with Gasteiger partial charge < -0.3 is 0 Å². The van der Waals surface area contributed by atoms with Crippen molar-refractivity contribution in [2.45, 2.75) is 70.6 Å². The zero-order chi connectivity index (χ0) is 15.2. The first-order valence-corrected chi connectivity index (χ1v) is 7.15. The lowest BCUT2D eigenvalue weighted by Crippen LogP contribution is -2.53. The highest BCUT2D eigenvalue weighted by atomic mass is 19.4. The van der Waals surface area contributed by atoms with Crippen molar-refractivity contribution < 1.29 is 26.3 Å². The topological polar surface area (TPSA) is 0 Å².